The number of halogens is 5. The molecule has 1 amide bonds. The molecule has 0 fully saturated rings. The lowest BCUT2D eigenvalue weighted by molar-refractivity contribution is -0.137. The van der Waals surface area contributed by atoms with Gasteiger partial charge in [0, 0.05) is 0 Å². The van der Waals surface area contributed by atoms with Crippen molar-refractivity contribution in [3.8, 4) is 0 Å². The van der Waals surface area contributed by atoms with Gasteiger partial charge in [0.25, 0.3) is 12.3 Å². The largest absolute Gasteiger partial charge is 0.416 e. The van der Waals surface area contributed by atoms with Gasteiger partial charge >= 0.3 is 6.18 Å². The molecule has 0 aliphatic rings. The van der Waals surface area contributed by atoms with Crippen LogP contribution in [0.5, 0.6) is 0 Å². The average Bonchev–Trinajstić information content (AvgIpc) is 2.15. The summed E-state index contributed by atoms with van der Waals surface area (Å²) in [7, 11) is 0. The van der Waals surface area contributed by atoms with Crippen LogP contribution in [-0.2, 0) is 6.18 Å². The van der Waals surface area contributed by atoms with Crippen molar-refractivity contribution >= 4 is 5.91 Å². The van der Waals surface area contributed by atoms with Crippen molar-refractivity contribution in [3.05, 3.63) is 29.1 Å². The average molecular weight is 240 g/mol. The molecule has 1 heterocycles. The number of amides is 1. The zero-order valence-corrected chi connectivity index (χ0v) is 7.55. The van der Waals surface area contributed by atoms with Gasteiger partial charge in [0.05, 0.1) is 5.56 Å². The molecule has 0 bridgehead atoms. The van der Waals surface area contributed by atoms with E-state index in [9.17, 15) is 26.7 Å². The molecule has 16 heavy (non-hydrogen) atoms. The van der Waals surface area contributed by atoms with E-state index in [2.05, 4.69) is 10.7 Å². The number of alkyl halides is 5. The molecular formula is C8H5F5N2O. The molecule has 0 radical (unpaired) electrons. The minimum absolute atomic E-state index is 0.178. The highest BCUT2D eigenvalue weighted by Gasteiger charge is 2.33. The standard InChI is InChI=1S/C8H5F5N2O/c9-6(10)4-1-3(8(11,12)13)2-5(15-4)7(14)16/h1-2,6H,(H2,14,16). The van der Waals surface area contributed by atoms with Crippen LogP contribution >= 0.6 is 0 Å². The highest BCUT2D eigenvalue weighted by atomic mass is 19.4. The Morgan fingerprint density at radius 2 is 1.88 bits per heavy atom. The second-order valence-electron chi connectivity index (χ2n) is 2.83. The number of hydrogen-bond acceptors (Lipinski definition) is 2. The molecule has 0 saturated heterocycles. The predicted molar refractivity (Wildman–Crippen MR) is 42.7 cm³/mol. The number of primary amides is 1. The monoisotopic (exact) mass is 240 g/mol. The molecule has 0 aromatic carbocycles. The van der Waals surface area contributed by atoms with Gasteiger partial charge in [-0.25, -0.2) is 13.8 Å². The van der Waals surface area contributed by atoms with Gasteiger partial charge in [-0.2, -0.15) is 13.2 Å². The Hall–Kier alpha value is -1.73. The smallest absolute Gasteiger partial charge is 0.364 e. The minimum atomic E-state index is -4.84. The number of pyridine rings is 1. The molecule has 0 aliphatic carbocycles. The van der Waals surface area contributed by atoms with Crippen molar-refractivity contribution < 1.29 is 26.7 Å². The van der Waals surface area contributed by atoms with Gasteiger partial charge in [-0.3, -0.25) is 4.79 Å². The SMILES string of the molecule is NC(=O)c1cc(C(F)(F)F)cc(C(F)F)n1. The first kappa shape index (κ1) is 12.3. The molecule has 0 atom stereocenters. The Kier molecular flexibility index (Phi) is 3.11. The van der Waals surface area contributed by atoms with Crippen molar-refractivity contribution in [3.63, 3.8) is 0 Å². The fourth-order valence-corrected chi connectivity index (χ4v) is 0.954. The topological polar surface area (TPSA) is 56.0 Å². The first-order chi connectivity index (χ1) is 7.21. The molecule has 0 saturated carbocycles. The summed E-state index contributed by atoms with van der Waals surface area (Å²) in [5, 5.41) is 0. The molecule has 2 N–H and O–H groups in total. The number of rotatable bonds is 2. The number of carbonyl (C=O) groups excluding carboxylic acids is 1. The van der Waals surface area contributed by atoms with Crippen LogP contribution in [0.1, 0.15) is 28.2 Å². The molecule has 1 aromatic heterocycles. The lowest BCUT2D eigenvalue weighted by atomic mass is 10.1. The first-order valence-electron chi connectivity index (χ1n) is 3.89. The van der Waals surface area contributed by atoms with Crippen LogP contribution in [0.15, 0.2) is 12.1 Å². The second kappa shape index (κ2) is 4.03. The summed E-state index contributed by atoms with van der Waals surface area (Å²) in [6.45, 7) is 0. The van der Waals surface area contributed by atoms with Gasteiger partial charge in [-0.15, -0.1) is 0 Å². The van der Waals surface area contributed by atoms with Crippen LogP contribution in [0.4, 0.5) is 22.0 Å². The van der Waals surface area contributed by atoms with Crippen molar-refractivity contribution in [2.24, 2.45) is 5.73 Å². The van der Waals surface area contributed by atoms with Crippen molar-refractivity contribution in [2.45, 2.75) is 12.6 Å². The molecular weight excluding hydrogens is 235 g/mol. The van der Waals surface area contributed by atoms with Crippen molar-refractivity contribution in [1.82, 2.24) is 4.98 Å². The van der Waals surface area contributed by atoms with Crippen LogP contribution < -0.4 is 5.73 Å². The van der Waals surface area contributed by atoms with Gasteiger partial charge in [0.2, 0.25) is 0 Å². The molecule has 88 valence electrons. The van der Waals surface area contributed by atoms with Gasteiger partial charge in [0.1, 0.15) is 11.4 Å². The fraction of sp³-hybridized carbons (Fsp3) is 0.250. The summed E-state index contributed by atoms with van der Waals surface area (Å²) in [6, 6.07) is 0.505. The maximum Gasteiger partial charge on any atom is 0.416 e. The Morgan fingerprint density at radius 1 is 1.31 bits per heavy atom. The van der Waals surface area contributed by atoms with Crippen LogP contribution in [0, 0.1) is 0 Å². The number of carbonyl (C=O) groups is 1. The molecule has 3 nitrogen and oxygen atoms in total. The lowest BCUT2D eigenvalue weighted by Gasteiger charge is -2.09. The van der Waals surface area contributed by atoms with Crippen LogP contribution in [0.3, 0.4) is 0 Å². The third kappa shape index (κ3) is 2.65. The summed E-state index contributed by atoms with van der Waals surface area (Å²) in [4.78, 5) is 13.6. The maximum atomic E-state index is 12.2. The Labute approximate surface area is 86.1 Å². The maximum absolute atomic E-state index is 12.2. The summed E-state index contributed by atoms with van der Waals surface area (Å²) >= 11 is 0. The van der Waals surface area contributed by atoms with Gasteiger partial charge in [-0.05, 0) is 12.1 Å². The lowest BCUT2D eigenvalue weighted by Crippen LogP contribution is -2.17. The predicted octanol–water partition coefficient (Wildman–Crippen LogP) is 2.14. The summed E-state index contributed by atoms with van der Waals surface area (Å²) in [6.07, 6.45) is -8.04. The minimum Gasteiger partial charge on any atom is -0.364 e. The van der Waals surface area contributed by atoms with Crippen molar-refractivity contribution in [1.29, 1.82) is 0 Å². The number of aromatic nitrogens is 1. The van der Waals surface area contributed by atoms with E-state index < -0.39 is 35.5 Å². The quantitative estimate of drug-likeness (QED) is 0.805. The zero-order chi connectivity index (χ0) is 12.5. The molecule has 1 rings (SSSR count). The molecule has 0 aliphatic heterocycles. The molecule has 0 unspecified atom stereocenters. The van der Waals surface area contributed by atoms with Crippen LogP contribution in [0.25, 0.3) is 0 Å². The Bertz CT molecular complexity index is 415. The number of hydrogen-bond donors (Lipinski definition) is 1. The third-order valence-electron chi connectivity index (χ3n) is 1.65. The van der Waals surface area contributed by atoms with E-state index in [1.54, 1.807) is 0 Å². The molecule has 8 heteroatoms. The van der Waals surface area contributed by atoms with Gasteiger partial charge < -0.3 is 5.73 Å². The van der Waals surface area contributed by atoms with E-state index >= 15 is 0 Å². The van der Waals surface area contributed by atoms with E-state index in [0.717, 1.165) is 0 Å². The van der Waals surface area contributed by atoms with Crippen molar-refractivity contribution in [2.75, 3.05) is 0 Å². The third-order valence-corrected chi connectivity index (χ3v) is 1.65. The van der Waals surface area contributed by atoms with E-state index in [0.29, 0.717) is 6.07 Å². The van der Waals surface area contributed by atoms with E-state index in [1.807, 2.05) is 0 Å². The Balaban J connectivity index is 3.36. The van der Waals surface area contributed by atoms with Crippen LogP contribution in [-0.4, -0.2) is 10.9 Å². The zero-order valence-electron chi connectivity index (χ0n) is 7.55. The number of nitrogens with zero attached hydrogens (tertiary/aromatic N) is 1. The molecule has 0 spiro atoms. The molecule has 1 aromatic rings. The van der Waals surface area contributed by atoms with Crippen LogP contribution in [0.2, 0.25) is 0 Å². The van der Waals surface area contributed by atoms with Gasteiger partial charge in [0.15, 0.2) is 0 Å². The van der Waals surface area contributed by atoms with E-state index in [-0.39, 0.29) is 6.07 Å². The Morgan fingerprint density at radius 3 is 2.25 bits per heavy atom. The number of nitrogens with two attached hydrogens (primary N) is 1. The summed E-state index contributed by atoms with van der Waals surface area (Å²) < 4.78 is 61.1. The summed E-state index contributed by atoms with van der Waals surface area (Å²) in [5.74, 6) is -1.30. The highest BCUT2D eigenvalue weighted by Crippen LogP contribution is 2.31. The normalized spacial score (nSPS) is 11.9. The summed E-state index contributed by atoms with van der Waals surface area (Å²) in [5.41, 5.74) is 1.32. The second-order valence-corrected chi connectivity index (χ2v) is 2.83. The van der Waals surface area contributed by atoms with E-state index in [4.69, 9.17) is 0 Å². The fourth-order valence-electron chi connectivity index (χ4n) is 0.954. The highest BCUT2D eigenvalue weighted by molar-refractivity contribution is 5.91. The van der Waals surface area contributed by atoms with Gasteiger partial charge in [-0.1, -0.05) is 0 Å². The van der Waals surface area contributed by atoms with E-state index in [1.165, 1.54) is 0 Å². The first-order valence-corrected chi connectivity index (χ1v) is 3.89.